The summed E-state index contributed by atoms with van der Waals surface area (Å²) in [5.74, 6) is 2.86. The molecule has 0 N–H and O–H groups in total. The van der Waals surface area contributed by atoms with E-state index in [1.165, 1.54) is 35.0 Å². The Bertz CT molecular complexity index is 821. The monoisotopic (exact) mass is 347 g/mol. The highest BCUT2D eigenvalue weighted by molar-refractivity contribution is 7.98. The summed E-state index contributed by atoms with van der Waals surface area (Å²) in [7, 11) is 0. The van der Waals surface area contributed by atoms with Crippen LogP contribution >= 0.6 is 23.1 Å². The fourth-order valence-electron chi connectivity index (χ4n) is 2.80. The van der Waals surface area contributed by atoms with Crippen LogP contribution in [0.5, 0.6) is 0 Å². The predicted molar refractivity (Wildman–Crippen MR) is 89.6 cm³/mol. The van der Waals surface area contributed by atoms with Crippen molar-refractivity contribution in [3.05, 3.63) is 34.0 Å². The van der Waals surface area contributed by atoms with Gasteiger partial charge in [-0.05, 0) is 43.7 Å². The Balaban J connectivity index is 1.47. The Hall–Kier alpha value is -1.60. The third kappa shape index (κ3) is 3.21. The fourth-order valence-corrected chi connectivity index (χ4v) is 4.57. The van der Waals surface area contributed by atoms with Crippen molar-refractivity contribution in [3.8, 4) is 10.8 Å². The maximum atomic E-state index is 5.80. The molecule has 4 rings (SSSR count). The highest BCUT2D eigenvalue weighted by Crippen LogP contribution is 2.37. The van der Waals surface area contributed by atoms with Crippen LogP contribution in [-0.4, -0.2) is 15.4 Å². The Morgan fingerprint density at radius 3 is 3.09 bits per heavy atom. The molecule has 5 nitrogen and oxygen atoms in total. The second kappa shape index (κ2) is 6.13. The molecule has 23 heavy (non-hydrogen) atoms. The molecule has 3 aromatic heterocycles. The Labute approximate surface area is 142 Å². The molecule has 0 amide bonds. The molecule has 1 aliphatic carbocycles. The van der Waals surface area contributed by atoms with E-state index in [0.29, 0.717) is 16.9 Å². The number of hydrogen-bond donors (Lipinski definition) is 0. The van der Waals surface area contributed by atoms with Crippen molar-refractivity contribution in [2.45, 2.75) is 44.1 Å². The van der Waals surface area contributed by atoms with E-state index >= 15 is 0 Å². The first-order chi connectivity index (χ1) is 11.2. The predicted octanol–water partition coefficient (Wildman–Crippen LogP) is 4.51. The van der Waals surface area contributed by atoms with Gasteiger partial charge in [-0.15, -0.1) is 21.5 Å². The van der Waals surface area contributed by atoms with Crippen molar-refractivity contribution in [3.63, 3.8) is 0 Å². The first-order valence-electron chi connectivity index (χ1n) is 7.68. The van der Waals surface area contributed by atoms with Crippen molar-refractivity contribution in [2.75, 3.05) is 0 Å². The third-order valence-electron chi connectivity index (χ3n) is 3.97. The van der Waals surface area contributed by atoms with Gasteiger partial charge in [-0.3, -0.25) is 0 Å². The molecule has 0 unspecified atom stereocenters. The van der Waals surface area contributed by atoms with Crippen LogP contribution in [0.3, 0.4) is 0 Å². The normalized spacial score (nSPS) is 17.4. The second-order valence-electron chi connectivity index (χ2n) is 6.00. The lowest BCUT2D eigenvalue weighted by Crippen LogP contribution is -2.07. The maximum absolute atomic E-state index is 5.80. The summed E-state index contributed by atoms with van der Waals surface area (Å²) in [6.45, 7) is 4.19. The summed E-state index contributed by atoms with van der Waals surface area (Å²) in [6.07, 6.45) is 3.60. The molecule has 1 atom stereocenters. The van der Waals surface area contributed by atoms with Crippen LogP contribution in [-0.2, 0) is 18.6 Å². The van der Waals surface area contributed by atoms with Crippen molar-refractivity contribution >= 4 is 23.1 Å². The van der Waals surface area contributed by atoms with Gasteiger partial charge in [0, 0.05) is 16.7 Å². The Morgan fingerprint density at radius 1 is 1.35 bits per heavy atom. The van der Waals surface area contributed by atoms with Gasteiger partial charge in [0.05, 0.1) is 10.6 Å². The second-order valence-corrected chi connectivity index (χ2v) is 8.06. The molecule has 120 valence electrons. The number of aryl methyl sites for hydroxylation is 2. The Morgan fingerprint density at radius 2 is 2.26 bits per heavy atom. The van der Waals surface area contributed by atoms with Crippen molar-refractivity contribution in [1.29, 1.82) is 0 Å². The quantitative estimate of drug-likeness (QED) is 0.647. The summed E-state index contributed by atoms with van der Waals surface area (Å²) in [5.41, 5.74) is 2.34. The van der Waals surface area contributed by atoms with Crippen molar-refractivity contribution < 1.29 is 8.94 Å². The molecule has 0 spiro atoms. The molecule has 0 aromatic carbocycles. The van der Waals surface area contributed by atoms with E-state index < -0.39 is 0 Å². The van der Waals surface area contributed by atoms with Crippen LogP contribution in [0.1, 0.15) is 35.2 Å². The SMILES string of the molecule is Cc1cc(CSc2nnc(-c3cc4c(s3)CC[C@H](C)C4)o2)no1. The highest BCUT2D eigenvalue weighted by atomic mass is 32.2. The lowest BCUT2D eigenvalue weighted by Gasteiger charge is -2.16. The van der Waals surface area contributed by atoms with Gasteiger partial charge in [-0.1, -0.05) is 23.8 Å². The van der Waals surface area contributed by atoms with Crippen LogP contribution in [0.2, 0.25) is 0 Å². The topological polar surface area (TPSA) is 65.0 Å². The van der Waals surface area contributed by atoms with Crippen molar-refractivity contribution in [1.82, 2.24) is 15.4 Å². The summed E-state index contributed by atoms with van der Waals surface area (Å²) >= 11 is 3.27. The summed E-state index contributed by atoms with van der Waals surface area (Å²) in [4.78, 5) is 2.56. The lowest BCUT2D eigenvalue weighted by atomic mass is 9.90. The van der Waals surface area contributed by atoms with E-state index in [-0.39, 0.29) is 0 Å². The van der Waals surface area contributed by atoms with Gasteiger partial charge >= 0.3 is 0 Å². The third-order valence-corrected chi connectivity index (χ3v) is 6.04. The van der Waals surface area contributed by atoms with Crippen LogP contribution in [0, 0.1) is 12.8 Å². The standard InChI is InChI=1S/C16H17N3O2S2/c1-9-3-4-13-11(5-9)7-14(23-13)15-17-18-16(20-15)22-8-12-6-10(2)21-19-12/h6-7,9H,3-5,8H2,1-2H3/t9-/m0/s1. The number of aromatic nitrogens is 3. The Kier molecular flexibility index (Phi) is 3.98. The molecule has 0 radical (unpaired) electrons. The number of nitrogens with zero attached hydrogens (tertiary/aromatic N) is 3. The molecule has 0 bridgehead atoms. The molecule has 0 saturated heterocycles. The highest BCUT2D eigenvalue weighted by Gasteiger charge is 2.21. The molecular formula is C16H17N3O2S2. The van der Waals surface area contributed by atoms with Gasteiger partial charge < -0.3 is 8.94 Å². The van der Waals surface area contributed by atoms with Crippen LogP contribution < -0.4 is 0 Å². The van der Waals surface area contributed by atoms with Gasteiger partial charge in [0.1, 0.15) is 5.76 Å². The zero-order valence-electron chi connectivity index (χ0n) is 13.0. The van der Waals surface area contributed by atoms with E-state index in [0.717, 1.165) is 28.7 Å². The summed E-state index contributed by atoms with van der Waals surface area (Å²) in [5, 5.41) is 12.9. The minimum atomic E-state index is 0.570. The summed E-state index contributed by atoms with van der Waals surface area (Å²) in [6, 6.07) is 4.14. The van der Waals surface area contributed by atoms with Crippen LogP contribution in [0.25, 0.3) is 10.8 Å². The number of thioether (sulfide) groups is 1. The zero-order valence-corrected chi connectivity index (χ0v) is 14.7. The summed E-state index contributed by atoms with van der Waals surface area (Å²) < 4.78 is 10.8. The first kappa shape index (κ1) is 15.0. The minimum absolute atomic E-state index is 0.570. The van der Waals surface area contributed by atoms with E-state index in [4.69, 9.17) is 8.94 Å². The smallest absolute Gasteiger partial charge is 0.277 e. The largest absolute Gasteiger partial charge is 0.410 e. The molecule has 3 heterocycles. The van der Waals surface area contributed by atoms with Gasteiger partial charge in [0.2, 0.25) is 0 Å². The van der Waals surface area contributed by atoms with Crippen LogP contribution in [0.15, 0.2) is 26.3 Å². The van der Waals surface area contributed by atoms with Crippen LogP contribution in [0.4, 0.5) is 0 Å². The number of hydrogen-bond acceptors (Lipinski definition) is 7. The molecule has 1 aliphatic rings. The lowest BCUT2D eigenvalue weighted by molar-refractivity contribution is 0.392. The number of fused-ring (bicyclic) bond motifs is 1. The molecule has 0 aliphatic heterocycles. The van der Waals surface area contributed by atoms with Gasteiger partial charge in [-0.2, -0.15) is 0 Å². The minimum Gasteiger partial charge on any atom is -0.410 e. The number of rotatable bonds is 4. The average molecular weight is 347 g/mol. The molecular weight excluding hydrogens is 330 g/mol. The number of thiophene rings is 1. The molecule has 0 fully saturated rings. The van der Waals surface area contributed by atoms with E-state index in [1.54, 1.807) is 11.3 Å². The maximum Gasteiger partial charge on any atom is 0.277 e. The van der Waals surface area contributed by atoms with Gasteiger partial charge in [-0.25, -0.2) is 0 Å². The van der Waals surface area contributed by atoms with E-state index in [2.05, 4.69) is 28.3 Å². The van der Waals surface area contributed by atoms with Crippen molar-refractivity contribution in [2.24, 2.45) is 5.92 Å². The molecule has 0 saturated carbocycles. The first-order valence-corrected chi connectivity index (χ1v) is 9.48. The van der Waals surface area contributed by atoms with E-state index in [9.17, 15) is 0 Å². The molecule has 3 aromatic rings. The zero-order chi connectivity index (χ0) is 15.8. The van der Waals surface area contributed by atoms with E-state index in [1.807, 2.05) is 13.0 Å². The fraction of sp³-hybridized carbons (Fsp3) is 0.438. The van der Waals surface area contributed by atoms with Gasteiger partial charge in [0.25, 0.3) is 11.1 Å². The average Bonchev–Trinajstić information content (AvgIpc) is 3.23. The van der Waals surface area contributed by atoms with Gasteiger partial charge in [0.15, 0.2) is 0 Å². The molecule has 7 heteroatoms.